The molecule has 1 aromatic rings. The Kier molecular flexibility index (Phi) is 3.92. The summed E-state index contributed by atoms with van der Waals surface area (Å²) in [7, 11) is 0. The molecule has 0 fully saturated rings. The van der Waals surface area contributed by atoms with Crippen molar-refractivity contribution in [3.05, 3.63) is 31.9 Å². The van der Waals surface area contributed by atoms with Crippen molar-refractivity contribution in [3.63, 3.8) is 0 Å². The van der Waals surface area contributed by atoms with Gasteiger partial charge in [-0.25, -0.2) is 8.78 Å². The predicted molar refractivity (Wildman–Crippen MR) is 53.1 cm³/mol. The number of rotatable bonds is 3. The maximum atomic E-state index is 12.4. The highest BCUT2D eigenvalue weighted by atomic mass is 79.9. The van der Waals surface area contributed by atoms with Gasteiger partial charge in [-0.3, -0.25) is 0 Å². The van der Waals surface area contributed by atoms with E-state index in [0.29, 0.717) is 0 Å². The van der Waals surface area contributed by atoms with Gasteiger partial charge in [0.2, 0.25) is 5.69 Å². The second kappa shape index (κ2) is 4.80. The lowest BCUT2D eigenvalue weighted by Gasteiger charge is -2.02. The predicted octanol–water partition coefficient (Wildman–Crippen LogP) is 3.43. The van der Waals surface area contributed by atoms with Crippen molar-refractivity contribution in [3.8, 4) is 0 Å². The van der Waals surface area contributed by atoms with Crippen LogP contribution in [0.25, 0.3) is 0 Å². The van der Waals surface area contributed by atoms with E-state index in [1.54, 1.807) is 0 Å². The van der Waals surface area contributed by atoms with E-state index >= 15 is 0 Å². The SMILES string of the molecule is O=[N+]([O-])c1nc(C(F)F)c(CCl)cc1Br. The standard InChI is InChI=1S/C7H4BrClF2N2O2/c8-4-1-3(2-9)5(6(10)11)12-7(4)13(14)15/h1,6H,2H2. The molecule has 82 valence electrons. The lowest BCUT2D eigenvalue weighted by atomic mass is 10.2. The normalized spacial score (nSPS) is 10.7. The molecule has 1 rings (SSSR count). The van der Waals surface area contributed by atoms with E-state index in [1.807, 2.05) is 0 Å². The van der Waals surface area contributed by atoms with Crippen molar-refractivity contribution < 1.29 is 13.7 Å². The Morgan fingerprint density at radius 3 is 2.67 bits per heavy atom. The molecule has 0 spiro atoms. The number of hydrogen-bond donors (Lipinski definition) is 0. The molecule has 0 aliphatic rings. The van der Waals surface area contributed by atoms with E-state index < -0.39 is 22.9 Å². The average Bonchev–Trinajstić information content (AvgIpc) is 2.16. The van der Waals surface area contributed by atoms with Crippen LogP contribution >= 0.6 is 27.5 Å². The Morgan fingerprint density at radius 1 is 1.67 bits per heavy atom. The van der Waals surface area contributed by atoms with Gasteiger partial charge in [-0.15, -0.1) is 11.6 Å². The zero-order chi connectivity index (χ0) is 11.6. The maximum absolute atomic E-state index is 12.4. The Morgan fingerprint density at radius 2 is 2.27 bits per heavy atom. The summed E-state index contributed by atoms with van der Waals surface area (Å²) >= 11 is 8.28. The van der Waals surface area contributed by atoms with Gasteiger partial charge in [-0.2, -0.15) is 0 Å². The number of nitrogens with zero attached hydrogens (tertiary/aromatic N) is 2. The molecule has 0 radical (unpaired) electrons. The molecule has 0 aliphatic carbocycles. The molecule has 15 heavy (non-hydrogen) atoms. The number of halogens is 4. The average molecular weight is 301 g/mol. The van der Waals surface area contributed by atoms with Crippen LogP contribution < -0.4 is 0 Å². The smallest absolute Gasteiger partial charge is 0.358 e. The molecule has 0 aromatic carbocycles. The van der Waals surface area contributed by atoms with Gasteiger partial charge in [0.15, 0.2) is 0 Å². The lowest BCUT2D eigenvalue weighted by Crippen LogP contribution is -2.02. The molecule has 0 N–H and O–H groups in total. The molecule has 0 bridgehead atoms. The first-order chi connectivity index (χ1) is 6.97. The zero-order valence-corrected chi connectivity index (χ0v) is 9.43. The molecule has 0 unspecified atom stereocenters. The fraction of sp³-hybridized carbons (Fsp3) is 0.286. The van der Waals surface area contributed by atoms with Crippen molar-refractivity contribution in [1.82, 2.24) is 4.98 Å². The van der Waals surface area contributed by atoms with Crippen molar-refractivity contribution in [2.75, 3.05) is 0 Å². The summed E-state index contributed by atoms with van der Waals surface area (Å²) in [5, 5.41) is 10.4. The van der Waals surface area contributed by atoms with Crippen LogP contribution in [0.2, 0.25) is 0 Å². The van der Waals surface area contributed by atoms with Crippen LogP contribution in [0.3, 0.4) is 0 Å². The van der Waals surface area contributed by atoms with E-state index in [1.165, 1.54) is 6.07 Å². The summed E-state index contributed by atoms with van der Waals surface area (Å²) in [5.74, 6) is -0.817. The summed E-state index contributed by atoms with van der Waals surface area (Å²) in [6.45, 7) is 0. The molecule has 0 aliphatic heterocycles. The third-order valence-electron chi connectivity index (χ3n) is 1.59. The van der Waals surface area contributed by atoms with E-state index in [0.717, 1.165) is 0 Å². The number of nitro groups is 1. The third-order valence-corrected chi connectivity index (χ3v) is 2.47. The largest absolute Gasteiger partial charge is 0.378 e. The van der Waals surface area contributed by atoms with Crippen LogP contribution in [0.5, 0.6) is 0 Å². The van der Waals surface area contributed by atoms with Gasteiger partial charge in [0.25, 0.3) is 0 Å². The molecular weight excluding hydrogens is 297 g/mol. The Hall–Kier alpha value is -0.820. The minimum Gasteiger partial charge on any atom is -0.358 e. The second-order valence-corrected chi connectivity index (χ2v) is 3.65. The first kappa shape index (κ1) is 12.3. The Labute approximate surface area is 96.5 Å². The highest BCUT2D eigenvalue weighted by molar-refractivity contribution is 9.10. The van der Waals surface area contributed by atoms with Gasteiger partial charge in [0.05, 0.1) is 5.88 Å². The first-order valence-electron chi connectivity index (χ1n) is 3.65. The monoisotopic (exact) mass is 300 g/mol. The van der Waals surface area contributed by atoms with Crippen LogP contribution in [-0.2, 0) is 5.88 Å². The number of alkyl halides is 3. The quantitative estimate of drug-likeness (QED) is 0.488. The molecule has 0 saturated heterocycles. The van der Waals surface area contributed by atoms with E-state index in [4.69, 9.17) is 11.6 Å². The van der Waals surface area contributed by atoms with E-state index in [2.05, 4.69) is 20.9 Å². The summed E-state index contributed by atoms with van der Waals surface area (Å²) in [6, 6.07) is 1.18. The van der Waals surface area contributed by atoms with Crippen LogP contribution in [0, 0.1) is 10.1 Å². The van der Waals surface area contributed by atoms with Crippen LogP contribution in [0.1, 0.15) is 17.7 Å². The Bertz CT molecular complexity index is 403. The molecule has 1 aromatic heterocycles. The molecule has 1 heterocycles. The summed E-state index contributed by atoms with van der Waals surface area (Å²) in [6.07, 6.45) is -2.88. The van der Waals surface area contributed by atoms with Gasteiger partial charge in [-0.05, 0) is 31.9 Å². The fourth-order valence-corrected chi connectivity index (χ4v) is 1.68. The van der Waals surface area contributed by atoms with Crippen LogP contribution in [0.15, 0.2) is 10.5 Å². The molecular formula is C7H4BrClF2N2O2. The topological polar surface area (TPSA) is 56.0 Å². The summed E-state index contributed by atoms with van der Waals surface area (Å²) in [5.41, 5.74) is -0.580. The number of aromatic nitrogens is 1. The lowest BCUT2D eigenvalue weighted by molar-refractivity contribution is -0.390. The molecule has 8 heteroatoms. The van der Waals surface area contributed by atoms with E-state index in [9.17, 15) is 18.9 Å². The van der Waals surface area contributed by atoms with Crippen LogP contribution in [0.4, 0.5) is 14.6 Å². The maximum Gasteiger partial charge on any atom is 0.378 e. The summed E-state index contributed by atoms with van der Waals surface area (Å²) < 4.78 is 24.9. The number of pyridine rings is 1. The van der Waals surface area contributed by atoms with Gasteiger partial charge in [0, 0.05) is 5.56 Å². The molecule has 4 nitrogen and oxygen atoms in total. The summed E-state index contributed by atoms with van der Waals surface area (Å²) in [4.78, 5) is 12.9. The van der Waals surface area contributed by atoms with E-state index in [-0.39, 0.29) is 15.9 Å². The fourth-order valence-electron chi connectivity index (χ4n) is 0.955. The van der Waals surface area contributed by atoms with Gasteiger partial charge in [0.1, 0.15) is 4.47 Å². The van der Waals surface area contributed by atoms with Gasteiger partial charge >= 0.3 is 12.2 Å². The van der Waals surface area contributed by atoms with Crippen molar-refractivity contribution in [2.24, 2.45) is 0 Å². The van der Waals surface area contributed by atoms with Crippen molar-refractivity contribution in [2.45, 2.75) is 12.3 Å². The molecule has 0 saturated carbocycles. The molecule has 0 atom stereocenters. The van der Waals surface area contributed by atoms with Crippen molar-refractivity contribution >= 4 is 33.3 Å². The minimum absolute atomic E-state index is 0.0348. The molecule has 0 amide bonds. The zero-order valence-electron chi connectivity index (χ0n) is 7.08. The van der Waals surface area contributed by atoms with Crippen LogP contribution in [-0.4, -0.2) is 9.91 Å². The highest BCUT2D eigenvalue weighted by Crippen LogP contribution is 2.30. The van der Waals surface area contributed by atoms with Gasteiger partial charge in [-0.1, -0.05) is 0 Å². The van der Waals surface area contributed by atoms with Gasteiger partial charge < -0.3 is 10.1 Å². The Balaban J connectivity index is 3.37. The third kappa shape index (κ3) is 2.60. The number of hydrogen-bond acceptors (Lipinski definition) is 3. The minimum atomic E-state index is -2.88. The second-order valence-electron chi connectivity index (χ2n) is 2.53. The highest BCUT2D eigenvalue weighted by Gasteiger charge is 2.25. The van der Waals surface area contributed by atoms with Crippen molar-refractivity contribution in [1.29, 1.82) is 0 Å². The first-order valence-corrected chi connectivity index (χ1v) is 4.98.